The minimum atomic E-state index is -0.592. The summed E-state index contributed by atoms with van der Waals surface area (Å²) in [4.78, 5) is 29.3. The van der Waals surface area contributed by atoms with E-state index in [-0.39, 0.29) is 19.1 Å². The maximum Gasteiger partial charge on any atom is 0.340 e. The summed E-state index contributed by atoms with van der Waals surface area (Å²) in [5, 5.41) is 4.27. The second-order valence-corrected chi connectivity index (χ2v) is 7.25. The molecule has 0 bridgehead atoms. The van der Waals surface area contributed by atoms with E-state index >= 15 is 0 Å². The van der Waals surface area contributed by atoms with E-state index in [4.69, 9.17) is 21.1 Å². The third-order valence-electron chi connectivity index (χ3n) is 4.70. The molecular formula is C23H23ClN2O4. The average Bonchev–Trinajstić information content (AvgIpc) is 2.74. The van der Waals surface area contributed by atoms with Gasteiger partial charge in [0.15, 0.2) is 6.61 Å². The Bertz CT molecular complexity index is 1050. The number of para-hydroxylation sites is 1. The van der Waals surface area contributed by atoms with Gasteiger partial charge in [0, 0.05) is 24.1 Å². The van der Waals surface area contributed by atoms with Crippen molar-refractivity contribution < 1.29 is 19.1 Å². The second-order valence-electron chi connectivity index (χ2n) is 6.81. The van der Waals surface area contributed by atoms with Gasteiger partial charge in [-0.05, 0) is 42.7 Å². The van der Waals surface area contributed by atoms with Crippen molar-refractivity contribution in [3.05, 3.63) is 75.9 Å². The number of rotatable bonds is 8. The number of ether oxygens (including phenoxy) is 2. The van der Waals surface area contributed by atoms with Crippen LogP contribution in [0.15, 0.2) is 48.5 Å². The lowest BCUT2D eigenvalue weighted by Crippen LogP contribution is -2.30. The highest BCUT2D eigenvalue weighted by Gasteiger charge is 2.20. The van der Waals surface area contributed by atoms with Gasteiger partial charge in [-0.25, -0.2) is 9.78 Å². The molecule has 2 aromatic carbocycles. The van der Waals surface area contributed by atoms with Gasteiger partial charge >= 0.3 is 5.97 Å². The van der Waals surface area contributed by atoms with Crippen LogP contribution in [0.2, 0.25) is 5.02 Å². The van der Waals surface area contributed by atoms with Crippen LogP contribution in [0.4, 0.5) is 0 Å². The molecule has 1 amide bonds. The van der Waals surface area contributed by atoms with Crippen LogP contribution >= 0.6 is 11.6 Å². The minimum absolute atomic E-state index is 0.170. The molecule has 0 aliphatic rings. The molecule has 0 aliphatic heterocycles. The monoisotopic (exact) mass is 426 g/mol. The van der Waals surface area contributed by atoms with Gasteiger partial charge in [-0.3, -0.25) is 4.79 Å². The number of carbonyl (C=O) groups is 2. The van der Waals surface area contributed by atoms with E-state index in [0.717, 1.165) is 22.0 Å². The van der Waals surface area contributed by atoms with E-state index in [9.17, 15) is 9.59 Å². The number of aryl methyl sites for hydroxylation is 1. The lowest BCUT2D eigenvalue weighted by atomic mass is 10.0. The van der Waals surface area contributed by atoms with Crippen molar-refractivity contribution in [2.45, 2.75) is 20.0 Å². The number of pyridine rings is 1. The van der Waals surface area contributed by atoms with Gasteiger partial charge in [-0.1, -0.05) is 41.9 Å². The number of halogens is 1. The van der Waals surface area contributed by atoms with Crippen molar-refractivity contribution in [3.8, 4) is 0 Å². The van der Waals surface area contributed by atoms with Crippen molar-refractivity contribution >= 4 is 34.4 Å². The van der Waals surface area contributed by atoms with Gasteiger partial charge in [0.2, 0.25) is 0 Å². The maximum atomic E-state index is 12.7. The molecular weight excluding hydrogens is 404 g/mol. The van der Waals surface area contributed by atoms with Crippen molar-refractivity contribution in [1.29, 1.82) is 0 Å². The Morgan fingerprint density at radius 3 is 2.57 bits per heavy atom. The van der Waals surface area contributed by atoms with Gasteiger partial charge < -0.3 is 14.8 Å². The van der Waals surface area contributed by atoms with Crippen LogP contribution in [0.3, 0.4) is 0 Å². The summed E-state index contributed by atoms with van der Waals surface area (Å²) < 4.78 is 10.5. The molecule has 7 heteroatoms. The van der Waals surface area contributed by atoms with Gasteiger partial charge in [-0.2, -0.15) is 0 Å². The van der Waals surface area contributed by atoms with Crippen molar-refractivity contribution in [1.82, 2.24) is 10.3 Å². The van der Waals surface area contributed by atoms with Gasteiger partial charge in [0.25, 0.3) is 5.91 Å². The first-order valence-corrected chi connectivity index (χ1v) is 9.93. The van der Waals surface area contributed by atoms with Gasteiger partial charge in [0.05, 0.1) is 23.4 Å². The predicted octanol–water partition coefficient (Wildman–Crippen LogP) is 3.86. The van der Waals surface area contributed by atoms with E-state index in [1.54, 1.807) is 12.1 Å². The van der Waals surface area contributed by atoms with E-state index in [1.165, 1.54) is 7.11 Å². The summed E-state index contributed by atoms with van der Waals surface area (Å²) in [7, 11) is 1.54. The zero-order valence-electron chi connectivity index (χ0n) is 16.9. The third kappa shape index (κ3) is 5.34. The van der Waals surface area contributed by atoms with Crippen LogP contribution in [0.25, 0.3) is 10.9 Å². The van der Waals surface area contributed by atoms with Crippen LogP contribution in [0.1, 0.15) is 27.2 Å². The Labute approximate surface area is 180 Å². The van der Waals surface area contributed by atoms with Crippen LogP contribution in [-0.2, 0) is 27.3 Å². The SMILES string of the molecule is COCc1nc2ccccc2c(C)c1C(=O)OCC(=O)NCCc1ccc(Cl)cc1. The normalized spacial score (nSPS) is 10.8. The topological polar surface area (TPSA) is 77.5 Å². The fourth-order valence-electron chi connectivity index (χ4n) is 3.20. The van der Waals surface area contributed by atoms with Crippen LogP contribution in [0.5, 0.6) is 0 Å². The zero-order valence-corrected chi connectivity index (χ0v) is 17.7. The molecule has 30 heavy (non-hydrogen) atoms. The number of amides is 1. The predicted molar refractivity (Wildman–Crippen MR) is 116 cm³/mol. The smallest absolute Gasteiger partial charge is 0.340 e. The number of nitrogens with one attached hydrogen (secondary N) is 1. The Hall–Kier alpha value is -2.96. The molecule has 1 aromatic heterocycles. The largest absolute Gasteiger partial charge is 0.452 e. The number of methoxy groups -OCH3 is 1. The minimum Gasteiger partial charge on any atom is -0.452 e. The third-order valence-corrected chi connectivity index (χ3v) is 4.95. The summed E-state index contributed by atoms with van der Waals surface area (Å²) in [6, 6.07) is 15.0. The molecule has 0 saturated heterocycles. The van der Waals surface area contributed by atoms with E-state index in [0.29, 0.717) is 29.2 Å². The van der Waals surface area contributed by atoms with Crippen LogP contribution in [-0.4, -0.2) is 37.1 Å². The first kappa shape index (κ1) is 21.7. The fourth-order valence-corrected chi connectivity index (χ4v) is 3.33. The van der Waals surface area contributed by atoms with Crippen molar-refractivity contribution in [2.24, 2.45) is 0 Å². The molecule has 0 fully saturated rings. The second kappa shape index (κ2) is 10.2. The van der Waals surface area contributed by atoms with E-state index < -0.39 is 5.97 Å². The number of nitrogens with zero attached hydrogens (tertiary/aromatic N) is 1. The van der Waals surface area contributed by atoms with E-state index in [1.807, 2.05) is 43.3 Å². The molecule has 0 unspecified atom stereocenters. The number of esters is 1. The molecule has 3 aromatic rings. The van der Waals surface area contributed by atoms with Crippen molar-refractivity contribution in [2.75, 3.05) is 20.3 Å². The molecule has 0 aliphatic carbocycles. The van der Waals surface area contributed by atoms with E-state index in [2.05, 4.69) is 10.3 Å². The van der Waals surface area contributed by atoms with Gasteiger partial charge in [-0.15, -0.1) is 0 Å². The summed E-state index contributed by atoms with van der Waals surface area (Å²) in [6.45, 7) is 2.08. The molecule has 156 valence electrons. The first-order valence-electron chi connectivity index (χ1n) is 9.55. The standard InChI is InChI=1S/C23H23ClN2O4/c1-15-18-5-3-4-6-19(18)26-20(13-29-2)22(15)23(28)30-14-21(27)25-12-11-16-7-9-17(24)10-8-16/h3-10H,11-14H2,1-2H3,(H,25,27). The molecule has 1 heterocycles. The highest BCUT2D eigenvalue weighted by molar-refractivity contribution is 6.30. The molecule has 0 atom stereocenters. The molecule has 6 nitrogen and oxygen atoms in total. The summed E-state index contributed by atoms with van der Waals surface area (Å²) in [5.74, 6) is -0.956. The Morgan fingerprint density at radius 2 is 1.83 bits per heavy atom. The summed E-state index contributed by atoms with van der Waals surface area (Å²) in [5.41, 5.74) is 3.41. The van der Waals surface area contributed by atoms with Gasteiger partial charge in [0.1, 0.15) is 0 Å². The Balaban J connectivity index is 1.61. The number of hydrogen-bond acceptors (Lipinski definition) is 5. The van der Waals surface area contributed by atoms with Crippen molar-refractivity contribution in [3.63, 3.8) is 0 Å². The number of benzene rings is 2. The lowest BCUT2D eigenvalue weighted by molar-refractivity contribution is -0.124. The first-order chi connectivity index (χ1) is 14.5. The number of hydrogen-bond donors (Lipinski definition) is 1. The molecule has 1 N–H and O–H groups in total. The lowest BCUT2D eigenvalue weighted by Gasteiger charge is -2.14. The summed E-state index contributed by atoms with van der Waals surface area (Å²) >= 11 is 5.86. The maximum absolute atomic E-state index is 12.7. The molecule has 3 rings (SSSR count). The average molecular weight is 427 g/mol. The van der Waals surface area contributed by atoms with Crippen LogP contribution in [0, 0.1) is 6.92 Å². The Kier molecular flexibility index (Phi) is 7.38. The zero-order chi connectivity index (χ0) is 21.5. The van der Waals surface area contributed by atoms with Crippen LogP contribution < -0.4 is 5.32 Å². The molecule has 0 radical (unpaired) electrons. The molecule has 0 saturated carbocycles. The summed E-state index contributed by atoms with van der Waals surface area (Å²) in [6.07, 6.45) is 0.655. The number of fused-ring (bicyclic) bond motifs is 1. The molecule has 0 spiro atoms. The number of carbonyl (C=O) groups excluding carboxylic acids is 2. The fraction of sp³-hybridized carbons (Fsp3) is 0.261. The highest BCUT2D eigenvalue weighted by Crippen LogP contribution is 2.24. The Morgan fingerprint density at radius 1 is 1.10 bits per heavy atom. The highest BCUT2D eigenvalue weighted by atomic mass is 35.5. The quantitative estimate of drug-likeness (QED) is 0.553. The number of aromatic nitrogens is 1.